The van der Waals surface area contributed by atoms with E-state index in [0.29, 0.717) is 31.3 Å². The first-order valence-corrected chi connectivity index (χ1v) is 18.2. The van der Waals surface area contributed by atoms with E-state index in [-0.39, 0.29) is 12.0 Å². The average molecular weight is 712 g/mol. The smallest absolute Gasteiger partial charge is 0.246 e. The normalized spacial score (nSPS) is 13.9. The number of hydrogen-bond donors (Lipinski definition) is 0. The van der Waals surface area contributed by atoms with Crippen molar-refractivity contribution in [1.82, 2.24) is 14.8 Å². The zero-order valence-corrected chi connectivity index (χ0v) is 31.4. The molecule has 1 aromatic heterocycles. The van der Waals surface area contributed by atoms with E-state index in [1.165, 1.54) is 16.7 Å². The minimum absolute atomic E-state index is 0.0325. The number of carbonyl (C=O) groups is 1. The predicted molar refractivity (Wildman–Crippen MR) is 210 cm³/mol. The largest absolute Gasteiger partial charge is 0.497 e. The molecule has 1 saturated heterocycles. The third kappa shape index (κ3) is 10.7. The van der Waals surface area contributed by atoms with Gasteiger partial charge in [0.05, 0.1) is 19.4 Å². The molecule has 0 bridgehead atoms. The van der Waals surface area contributed by atoms with Gasteiger partial charge in [0, 0.05) is 51.3 Å². The predicted octanol–water partition coefficient (Wildman–Crippen LogP) is 8.75. The molecular weight excluding hydrogens is 663 g/mol. The van der Waals surface area contributed by atoms with Gasteiger partial charge < -0.3 is 23.8 Å². The van der Waals surface area contributed by atoms with Crippen LogP contribution in [0.4, 0.5) is 0 Å². The van der Waals surface area contributed by atoms with Gasteiger partial charge in [-0.15, -0.1) is 0 Å². The Balaban J connectivity index is 0.936. The molecule has 4 aromatic carbocycles. The highest BCUT2D eigenvalue weighted by Gasteiger charge is 2.20. The number of rotatable bonds is 14. The summed E-state index contributed by atoms with van der Waals surface area (Å²) in [5, 5.41) is 0. The maximum absolute atomic E-state index is 13.1. The van der Waals surface area contributed by atoms with Gasteiger partial charge in [0.25, 0.3) is 0 Å². The van der Waals surface area contributed by atoms with E-state index in [1.807, 2.05) is 79.4 Å². The van der Waals surface area contributed by atoms with Gasteiger partial charge in [0.15, 0.2) is 0 Å². The number of amides is 1. The molecule has 1 unspecified atom stereocenters. The van der Waals surface area contributed by atoms with E-state index in [9.17, 15) is 4.79 Å². The second kappa shape index (κ2) is 17.8. The van der Waals surface area contributed by atoms with Crippen LogP contribution in [0, 0.1) is 20.8 Å². The molecule has 0 N–H and O–H groups in total. The maximum Gasteiger partial charge on any atom is 0.246 e. The van der Waals surface area contributed by atoms with Crippen LogP contribution in [-0.2, 0) is 24.4 Å². The minimum atomic E-state index is 0.0325. The van der Waals surface area contributed by atoms with E-state index in [0.717, 1.165) is 65.6 Å². The number of piperazine rings is 1. The van der Waals surface area contributed by atoms with Gasteiger partial charge in [-0.3, -0.25) is 9.69 Å². The number of ether oxygens (including phenoxy) is 4. The fourth-order valence-electron chi connectivity index (χ4n) is 6.41. The third-order valence-corrected chi connectivity index (χ3v) is 9.38. The van der Waals surface area contributed by atoms with E-state index < -0.39 is 0 Å². The molecule has 0 spiro atoms. The van der Waals surface area contributed by atoms with Crippen LogP contribution in [0.15, 0.2) is 109 Å². The van der Waals surface area contributed by atoms with E-state index >= 15 is 0 Å². The van der Waals surface area contributed by atoms with Crippen LogP contribution < -0.4 is 18.9 Å². The van der Waals surface area contributed by atoms with Crippen molar-refractivity contribution < 1.29 is 23.7 Å². The molecule has 5 aromatic rings. The molecule has 1 aliphatic rings. The summed E-state index contributed by atoms with van der Waals surface area (Å²) in [5.41, 5.74) is 7.69. The number of methoxy groups -OCH3 is 1. The van der Waals surface area contributed by atoms with Crippen LogP contribution in [0.1, 0.15) is 45.9 Å². The maximum atomic E-state index is 13.1. The molecule has 1 aliphatic heterocycles. The molecule has 0 aliphatic carbocycles. The van der Waals surface area contributed by atoms with E-state index in [2.05, 4.69) is 60.1 Å². The first-order valence-electron chi connectivity index (χ1n) is 18.2. The summed E-state index contributed by atoms with van der Waals surface area (Å²) in [6.45, 7) is 12.6. The molecule has 1 amide bonds. The quantitative estimate of drug-likeness (QED) is 0.107. The van der Waals surface area contributed by atoms with Crippen molar-refractivity contribution in [1.29, 1.82) is 0 Å². The molecule has 2 heterocycles. The standard InChI is InChI=1S/C45H49N3O5/c1-32-6-15-41(16-7-32)52-35(4)28-36-8-10-37(11-9-36)30-47-22-24-48(25-23-47)44(49)21-14-39-26-33(2)45(34(3)27-39)53-43-20-19-42(29-46-43)51-31-38-12-17-40(50-5)18-13-38/h6-21,26-27,29,35H,22-25,28,30-31H2,1-5H3. The summed E-state index contributed by atoms with van der Waals surface area (Å²) in [7, 11) is 1.65. The lowest BCUT2D eigenvalue weighted by Crippen LogP contribution is -2.47. The highest BCUT2D eigenvalue weighted by molar-refractivity contribution is 5.92. The summed E-state index contributed by atoms with van der Waals surface area (Å²) in [6.07, 6.45) is 6.18. The second-order valence-corrected chi connectivity index (χ2v) is 13.8. The molecule has 0 saturated carbocycles. The van der Waals surface area contributed by atoms with Crippen LogP contribution in [0.2, 0.25) is 0 Å². The van der Waals surface area contributed by atoms with Gasteiger partial charge >= 0.3 is 0 Å². The zero-order valence-electron chi connectivity index (χ0n) is 31.4. The third-order valence-electron chi connectivity index (χ3n) is 9.38. The monoisotopic (exact) mass is 711 g/mol. The summed E-state index contributed by atoms with van der Waals surface area (Å²) in [4.78, 5) is 21.9. The number of carbonyl (C=O) groups excluding carboxylic acids is 1. The van der Waals surface area contributed by atoms with Gasteiger partial charge in [0.1, 0.15) is 29.6 Å². The van der Waals surface area contributed by atoms with Crippen molar-refractivity contribution >= 4 is 12.0 Å². The van der Waals surface area contributed by atoms with E-state index in [4.69, 9.17) is 18.9 Å². The molecule has 0 radical (unpaired) electrons. The number of nitrogens with zero attached hydrogens (tertiary/aromatic N) is 3. The molecule has 8 nitrogen and oxygen atoms in total. The Kier molecular flexibility index (Phi) is 12.4. The SMILES string of the molecule is COc1ccc(COc2ccc(Oc3c(C)cc(C=CC(=O)N4CCN(Cc5ccc(CC(C)Oc6ccc(C)cc6)cc5)CC4)cc3C)nc2)cc1. The number of hydrogen-bond acceptors (Lipinski definition) is 7. The summed E-state index contributed by atoms with van der Waals surface area (Å²) in [5.74, 6) is 3.64. The molecule has 1 fully saturated rings. The molecule has 6 rings (SSSR count). The Morgan fingerprint density at radius 1 is 0.774 bits per heavy atom. The van der Waals surface area contributed by atoms with Crippen molar-refractivity contribution in [2.24, 2.45) is 0 Å². The van der Waals surface area contributed by atoms with Crippen LogP contribution in [-0.4, -0.2) is 60.1 Å². The zero-order chi connectivity index (χ0) is 37.2. The summed E-state index contributed by atoms with van der Waals surface area (Å²) < 4.78 is 23.4. The van der Waals surface area contributed by atoms with Gasteiger partial charge in [-0.05, 0) is 110 Å². The number of aryl methyl sites for hydroxylation is 3. The second-order valence-electron chi connectivity index (χ2n) is 13.8. The Hall–Kier alpha value is -5.60. The lowest BCUT2D eigenvalue weighted by atomic mass is 10.0. The highest BCUT2D eigenvalue weighted by Crippen LogP contribution is 2.30. The summed E-state index contributed by atoms with van der Waals surface area (Å²) >= 11 is 0. The molecule has 8 heteroatoms. The van der Waals surface area contributed by atoms with Crippen LogP contribution >= 0.6 is 0 Å². The van der Waals surface area contributed by atoms with Gasteiger partial charge in [-0.1, -0.05) is 54.1 Å². The lowest BCUT2D eigenvalue weighted by Gasteiger charge is -2.34. The van der Waals surface area contributed by atoms with Crippen molar-refractivity contribution in [2.75, 3.05) is 33.3 Å². The average Bonchev–Trinajstić information content (AvgIpc) is 3.17. The van der Waals surface area contributed by atoms with Crippen molar-refractivity contribution in [3.63, 3.8) is 0 Å². The Labute approximate surface area is 313 Å². The molecule has 274 valence electrons. The van der Waals surface area contributed by atoms with Crippen LogP contribution in [0.3, 0.4) is 0 Å². The fourth-order valence-corrected chi connectivity index (χ4v) is 6.41. The van der Waals surface area contributed by atoms with E-state index in [1.54, 1.807) is 25.4 Å². The van der Waals surface area contributed by atoms with Crippen molar-refractivity contribution in [3.8, 4) is 28.9 Å². The summed E-state index contributed by atoms with van der Waals surface area (Å²) in [6, 6.07) is 32.5. The minimum Gasteiger partial charge on any atom is -0.497 e. The topological polar surface area (TPSA) is 73.4 Å². The highest BCUT2D eigenvalue weighted by atomic mass is 16.5. The first-order chi connectivity index (χ1) is 25.7. The van der Waals surface area contributed by atoms with Gasteiger partial charge in [-0.2, -0.15) is 0 Å². The first kappa shape index (κ1) is 37.2. The Morgan fingerprint density at radius 3 is 2.04 bits per heavy atom. The van der Waals surface area contributed by atoms with Gasteiger partial charge in [-0.25, -0.2) is 4.98 Å². The Bertz CT molecular complexity index is 1940. The molecule has 1 atom stereocenters. The number of benzene rings is 4. The molecular formula is C45H49N3O5. The lowest BCUT2D eigenvalue weighted by molar-refractivity contribution is -0.127. The fraction of sp³-hybridized carbons (Fsp3) is 0.289. The number of pyridine rings is 1. The van der Waals surface area contributed by atoms with Crippen LogP contribution in [0.25, 0.3) is 6.08 Å². The van der Waals surface area contributed by atoms with Crippen molar-refractivity contribution in [2.45, 2.75) is 53.4 Å². The van der Waals surface area contributed by atoms with Crippen molar-refractivity contribution in [3.05, 3.63) is 148 Å². The van der Waals surface area contributed by atoms with Crippen LogP contribution in [0.5, 0.6) is 28.9 Å². The van der Waals surface area contributed by atoms with Gasteiger partial charge in [0.2, 0.25) is 11.8 Å². The molecule has 53 heavy (non-hydrogen) atoms. The number of aromatic nitrogens is 1. The Morgan fingerprint density at radius 2 is 1.40 bits per heavy atom.